The molecule has 4 nitrogen and oxygen atoms in total. The first-order chi connectivity index (χ1) is 14.0. The molecular formula is C25H35NO3. The summed E-state index contributed by atoms with van der Waals surface area (Å²) in [6.07, 6.45) is 6.95. The lowest BCUT2D eigenvalue weighted by atomic mass is 9.73. The minimum atomic E-state index is -0.400. The van der Waals surface area contributed by atoms with Crippen molar-refractivity contribution >= 4 is 11.7 Å². The zero-order chi connectivity index (χ0) is 20.1. The Labute approximate surface area is 174 Å². The molecule has 1 aromatic carbocycles. The quantitative estimate of drug-likeness (QED) is 0.664. The van der Waals surface area contributed by atoms with Gasteiger partial charge in [-0.2, -0.15) is 0 Å². The molecule has 29 heavy (non-hydrogen) atoms. The van der Waals surface area contributed by atoms with E-state index in [9.17, 15) is 4.79 Å². The van der Waals surface area contributed by atoms with Crippen LogP contribution in [0.25, 0.3) is 0 Å². The van der Waals surface area contributed by atoms with Crippen LogP contribution in [-0.2, 0) is 14.3 Å². The molecule has 0 N–H and O–H groups in total. The second-order valence-corrected chi connectivity index (χ2v) is 10.2. The Morgan fingerprint density at radius 2 is 1.97 bits per heavy atom. The maximum Gasteiger partial charge on any atom is 0.316 e. The predicted molar refractivity (Wildman–Crippen MR) is 114 cm³/mol. The molecule has 1 saturated carbocycles. The van der Waals surface area contributed by atoms with Gasteiger partial charge in [-0.3, -0.25) is 4.79 Å². The summed E-state index contributed by atoms with van der Waals surface area (Å²) in [7, 11) is 0. The van der Waals surface area contributed by atoms with E-state index in [0.717, 1.165) is 24.9 Å². The molecular weight excluding hydrogens is 362 g/mol. The van der Waals surface area contributed by atoms with Gasteiger partial charge in [0.05, 0.1) is 17.9 Å². The fraction of sp³-hybridized carbons (Fsp3) is 0.720. The average Bonchev–Trinajstić information content (AvgIpc) is 3.04. The van der Waals surface area contributed by atoms with Crippen LogP contribution in [0.2, 0.25) is 0 Å². The highest BCUT2D eigenvalue weighted by atomic mass is 16.7. The van der Waals surface area contributed by atoms with E-state index in [1.54, 1.807) is 0 Å². The fourth-order valence-electron chi connectivity index (χ4n) is 6.55. The van der Waals surface area contributed by atoms with Gasteiger partial charge in [0.2, 0.25) is 6.29 Å². The van der Waals surface area contributed by atoms with E-state index in [1.807, 2.05) is 0 Å². The SMILES string of the molecule is CC(C)[C@@H]1CC[C@@H](C)C[C@H]1O[C@@H]1OC(=O)[C@H]2c3ccccc3N3CCCC[C@@H]3[C@@H]12. The van der Waals surface area contributed by atoms with Gasteiger partial charge in [-0.1, -0.05) is 45.4 Å². The number of cyclic esters (lactones) is 1. The maximum absolute atomic E-state index is 13.1. The largest absolute Gasteiger partial charge is 0.435 e. The lowest BCUT2D eigenvalue weighted by molar-refractivity contribution is -0.198. The van der Waals surface area contributed by atoms with Crippen LogP contribution >= 0.6 is 0 Å². The molecule has 0 bridgehead atoms. The maximum atomic E-state index is 13.1. The molecule has 0 unspecified atom stereocenters. The summed E-state index contributed by atoms with van der Waals surface area (Å²) in [5, 5.41) is 0. The Hall–Kier alpha value is -1.55. The Balaban J connectivity index is 1.46. The molecule has 3 aliphatic heterocycles. The molecule has 158 valence electrons. The molecule has 0 radical (unpaired) electrons. The summed E-state index contributed by atoms with van der Waals surface area (Å²) in [5.41, 5.74) is 2.38. The van der Waals surface area contributed by atoms with Gasteiger partial charge in [0.15, 0.2) is 0 Å². The van der Waals surface area contributed by atoms with Gasteiger partial charge in [-0.05, 0) is 61.5 Å². The predicted octanol–water partition coefficient (Wildman–Crippen LogP) is 5.12. The van der Waals surface area contributed by atoms with Crippen LogP contribution in [-0.4, -0.2) is 30.9 Å². The third-order valence-corrected chi connectivity index (χ3v) is 8.03. The third kappa shape index (κ3) is 3.28. The van der Waals surface area contributed by atoms with Crippen molar-refractivity contribution < 1.29 is 14.3 Å². The van der Waals surface area contributed by atoms with Crippen LogP contribution in [0, 0.1) is 23.7 Å². The minimum Gasteiger partial charge on any atom is -0.435 e. The Bertz CT molecular complexity index is 762. The molecule has 0 aromatic heterocycles. The number of piperidine rings is 1. The van der Waals surface area contributed by atoms with Gasteiger partial charge in [0.25, 0.3) is 0 Å². The van der Waals surface area contributed by atoms with Gasteiger partial charge in [-0.25, -0.2) is 0 Å². The van der Waals surface area contributed by atoms with E-state index in [1.165, 1.54) is 31.4 Å². The summed E-state index contributed by atoms with van der Waals surface area (Å²) in [6, 6.07) is 8.80. The first-order valence-electron chi connectivity index (χ1n) is 11.8. The summed E-state index contributed by atoms with van der Waals surface area (Å²) < 4.78 is 12.7. The van der Waals surface area contributed by atoms with Gasteiger partial charge in [-0.15, -0.1) is 0 Å². The number of nitrogens with zero attached hydrogens (tertiary/aromatic N) is 1. The lowest BCUT2D eigenvalue weighted by Crippen LogP contribution is -2.52. The molecule has 0 spiro atoms. The first-order valence-corrected chi connectivity index (χ1v) is 11.8. The summed E-state index contributed by atoms with van der Waals surface area (Å²) in [4.78, 5) is 15.6. The number of para-hydroxylation sites is 1. The summed E-state index contributed by atoms with van der Waals surface area (Å²) in [5.74, 6) is 1.70. The van der Waals surface area contributed by atoms with E-state index in [0.29, 0.717) is 23.8 Å². The Kier molecular flexibility index (Phi) is 5.09. The molecule has 3 fully saturated rings. The highest BCUT2D eigenvalue weighted by Gasteiger charge is 2.56. The summed E-state index contributed by atoms with van der Waals surface area (Å²) >= 11 is 0. The van der Waals surface area contributed by atoms with Crippen molar-refractivity contribution in [2.75, 3.05) is 11.4 Å². The second kappa shape index (κ2) is 7.61. The number of hydrogen-bond acceptors (Lipinski definition) is 4. The van der Waals surface area contributed by atoms with Crippen molar-refractivity contribution in [3.05, 3.63) is 29.8 Å². The smallest absolute Gasteiger partial charge is 0.316 e. The zero-order valence-corrected chi connectivity index (χ0v) is 18.0. The van der Waals surface area contributed by atoms with Crippen LogP contribution in [0.1, 0.15) is 70.8 Å². The monoisotopic (exact) mass is 397 g/mol. The van der Waals surface area contributed by atoms with E-state index in [2.05, 4.69) is 49.9 Å². The van der Waals surface area contributed by atoms with Gasteiger partial charge in [0, 0.05) is 18.3 Å². The van der Waals surface area contributed by atoms with E-state index in [-0.39, 0.29) is 23.9 Å². The first kappa shape index (κ1) is 19.4. The molecule has 2 saturated heterocycles. The number of rotatable bonds is 3. The van der Waals surface area contributed by atoms with E-state index >= 15 is 0 Å². The number of carbonyl (C=O) groups is 1. The molecule has 1 aliphatic carbocycles. The zero-order valence-electron chi connectivity index (χ0n) is 18.0. The van der Waals surface area contributed by atoms with E-state index < -0.39 is 6.29 Å². The van der Waals surface area contributed by atoms with E-state index in [4.69, 9.17) is 9.47 Å². The van der Waals surface area contributed by atoms with Crippen LogP contribution in [0.3, 0.4) is 0 Å². The molecule has 7 atom stereocenters. The Morgan fingerprint density at radius 3 is 2.79 bits per heavy atom. The third-order valence-electron chi connectivity index (χ3n) is 8.03. The molecule has 1 aromatic rings. The van der Waals surface area contributed by atoms with Crippen molar-refractivity contribution in [3.8, 4) is 0 Å². The molecule has 5 rings (SSSR count). The minimum absolute atomic E-state index is 0.0809. The fourth-order valence-corrected chi connectivity index (χ4v) is 6.55. The Morgan fingerprint density at radius 1 is 1.14 bits per heavy atom. The number of anilines is 1. The van der Waals surface area contributed by atoms with Crippen LogP contribution < -0.4 is 4.90 Å². The summed E-state index contributed by atoms with van der Waals surface area (Å²) in [6.45, 7) is 8.01. The molecule has 0 amide bonds. The molecule has 3 heterocycles. The van der Waals surface area contributed by atoms with Crippen molar-refractivity contribution in [1.82, 2.24) is 0 Å². The highest BCUT2D eigenvalue weighted by molar-refractivity contribution is 5.85. The van der Waals surface area contributed by atoms with Crippen molar-refractivity contribution in [2.45, 2.75) is 83.6 Å². The van der Waals surface area contributed by atoms with Gasteiger partial charge < -0.3 is 14.4 Å². The number of carbonyl (C=O) groups excluding carboxylic acids is 1. The van der Waals surface area contributed by atoms with Crippen LogP contribution in [0.15, 0.2) is 24.3 Å². The number of ether oxygens (including phenoxy) is 2. The lowest BCUT2D eigenvalue weighted by Gasteiger charge is -2.48. The van der Waals surface area contributed by atoms with Crippen molar-refractivity contribution in [2.24, 2.45) is 23.7 Å². The number of hydrogen-bond donors (Lipinski definition) is 0. The molecule has 4 aliphatic rings. The number of benzene rings is 1. The molecule has 4 heteroatoms. The average molecular weight is 398 g/mol. The highest BCUT2D eigenvalue weighted by Crippen LogP contribution is 2.51. The van der Waals surface area contributed by atoms with Crippen LogP contribution in [0.4, 0.5) is 5.69 Å². The van der Waals surface area contributed by atoms with Gasteiger partial charge in [0.1, 0.15) is 0 Å². The van der Waals surface area contributed by atoms with Crippen molar-refractivity contribution in [3.63, 3.8) is 0 Å². The normalized spacial score (nSPS) is 39.0. The number of fused-ring (bicyclic) bond motifs is 6. The standard InChI is InChI=1S/C25H35NO3/c1-15(2)17-12-11-16(3)14-21(17)28-25-23-20-10-6-7-13-26(20)19-9-5-4-8-18(19)22(23)24(27)29-25/h4-5,8-9,15-17,20-23,25H,6-7,10-14H2,1-3H3/t16-,17+,20-,21-,22+,23-,25-/m1/s1. The van der Waals surface area contributed by atoms with Crippen LogP contribution in [0.5, 0.6) is 0 Å². The number of esters is 1. The second-order valence-electron chi connectivity index (χ2n) is 10.2. The topological polar surface area (TPSA) is 38.8 Å². The van der Waals surface area contributed by atoms with Gasteiger partial charge >= 0.3 is 5.97 Å². The van der Waals surface area contributed by atoms with Crippen molar-refractivity contribution in [1.29, 1.82) is 0 Å².